The Bertz CT molecular complexity index is 800. The highest BCUT2D eigenvalue weighted by molar-refractivity contribution is 5.88. The van der Waals surface area contributed by atoms with Gasteiger partial charge in [0.05, 0.1) is 17.9 Å². The molecular formula is C22H29N3O2. The van der Waals surface area contributed by atoms with Crippen molar-refractivity contribution in [3.63, 3.8) is 0 Å². The van der Waals surface area contributed by atoms with E-state index in [1.54, 1.807) is 6.20 Å². The van der Waals surface area contributed by atoms with Gasteiger partial charge in [-0.1, -0.05) is 37.6 Å². The van der Waals surface area contributed by atoms with Crippen molar-refractivity contribution in [2.45, 2.75) is 52.0 Å². The first-order valence-corrected chi connectivity index (χ1v) is 10.00. The van der Waals surface area contributed by atoms with Gasteiger partial charge in [-0.15, -0.1) is 0 Å². The largest absolute Gasteiger partial charge is 0.356 e. The van der Waals surface area contributed by atoms with Crippen molar-refractivity contribution in [3.8, 4) is 0 Å². The normalized spacial score (nSPS) is 19.9. The van der Waals surface area contributed by atoms with E-state index in [0.29, 0.717) is 13.0 Å². The number of rotatable bonds is 6. The van der Waals surface area contributed by atoms with E-state index < -0.39 is 0 Å². The van der Waals surface area contributed by atoms with Gasteiger partial charge >= 0.3 is 0 Å². The maximum atomic E-state index is 13.0. The topological polar surface area (TPSA) is 62.3 Å². The lowest BCUT2D eigenvalue weighted by atomic mass is 9.92. The number of hydrogen-bond acceptors (Lipinski definition) is 3. The monoisotopic (exact) mass is 367 g/mol. The van der Waals surface area contributed by atoms with Crippen LogP contribution in [0, 0.1) is 5.92 Å². The third kappa shape index (κ3) is 4.65. The van der Waals surface area contributed by atoms with Crippen molar-refractivity contribution in [2.75, 3.05) is 13.1 Å². The average Bonchev–Trinajstić information content (AvgIpc) is 2.68. The number of likely N-dealkylation sites (tertiary alicyclic amines) is 1. The fourth-order valence-electron chi connectivity index (χ4n) is 3.78. The number of fused-ring (bicyclic) bond motifs is 1. The number of benzene rings is 1. The average molecular weight is 367 g/mol. The van der Waals surface area contributed by atoms with E-state index in [0.717, 1.165) is 48.7 Å². The van der Waals surface area contributed by atoms with E-state index in [1.807, 2.05) is 35.2 Å². The van der Waals surface area contributed by atoms with Gasteiger partial charge in [-0.25, -0.2) is 0 Å². The number of hydrogen-bond donors (Lipinski definition) is 1. The number of nitrogens with zero attached hydrogens (tertiary/aromatic N) is 2. The van der Waals surface area contributed by atoms with Gasteiger partial charge < -0.3 is 10.2 Å². The summed E-state index contributed by atoms with van der Waals surface area (Å²) in [6.07, 6.45) is 5.85. The Hall–Kier alpha value is -2.43. The first-order chi connectivity index (χ1) is 13.1. The molecule has 1 aliphatic rings. The highest BCUT2D eigenvalue weighted by atomic mass is 16.2. The third-order valence-corrected chi connectivity index (χ3v) is 5.46. The first kappa shape index (κ1) is 19.3. The van der Waals surface area contributed by atoms with Crippen LogP contribution in [-0.4, -0.2) is 40.8 Å². The number of unbranched alkanes of at least 4 members (excludes halogenated alkanes) is 1. The summed E-state index contributed by atoms with van der Waals surface area (Å²) in [5.74, 6) is 0.0549. The summed E-state index contributed by atoms with van der Waals surface area (Å²) in [6, 6.07) is 10.0. The van der Waals surface area contributed by atoms with Crippen LogP contribution in [0.25, 0.3) is 10.9 Å². The molecule has 5 heteroatoms. The van der Waals surface area contributed by atoms with Crippen LogP contribution in [0.5, 0.6) is 0 Å². The maximum Gasteiger partial charge on any atom is 0.227 e. The molecule has 0 spiro atoms. The smallest absolute Gasteiger partial charge is 0.227 e. The second-order valence-corrected chi connectivity index (χ2v) is 7.48. The second kappa shape index (κ2) is 8.98. The zero-order chi connectivity index (χ0) is 19.2. The van der Waals surface area contributed by atoms with E-state index in [4.69, 9.17) is 0 Å². The summed E-state index contributed by atoms with van der Waals surface area (Å²) in [6.45, 7) is 5.41. The molecule has 1 aromatic carbocycles. The number of amides is 2. The minimum atomic E-state index is -0.104. The van der Waals surface area contributed by atoms with Crippen molar-refractivity contribution in [2.24, 2.45) is 5.92 Å². The molecule has 1 saturated heterocycles. The van der Waals surface area contributed by atoms with Gasteiger partial charge in [0.25, 0.3) is 0 Å². The molecule has 0 saturated carbocycles. The van der Waals surface area contributed by atoms with E-state index in [1.165, 1.54) is 0 Å². The molecule has 1 fully saturated rings. The first-order valence-electron chi connectivity index (χ1n) is 10.00. The summed E-state index contributed by atoms with van der Waals surface area (Å²) < 4.78 is 0. The van der Waals surface area contributed by atoms with E-state index in [-0.39, 0.29) is 23.8 Å². The highest BCUT2D eigenvalue weighted by Crippen LogP contribution is 2.24. The minimum Gasteiger partial charge on any atom is -0.356 e. The predicted molar refractivity (Wildman–Crippen MR) is 107 cm³/mol. The second-order valence-electron chi connectivity index (χ2n) is 7.48. The molecule has 0 bridgehead atoms. The molecule has 27 heavy (non-hydrogen) atoms. The summed E-state index contributed by atoms with van der Waals surface area (Å²) in [4.78, 5) is 31.8. The van der Waals surface area contributed by atoms with Gasteiger partial charge in [-0.05, 0) is 37.8 Å². The summed E-state index contributed by atoms with van der Waals surface area (Å²) in [5.41, 5.74) is 1.83. The number of piperidine rings is 1. The zero-order valence-corrected chi connectivity index (χ0v) is 16.3. The van der Waals surface area contributed by atoms with Crippen LogP contribution in [0.4, 0.5) is 0 Å². The van der Waals surface area contributed by atoms with Crippen molar-refractivity contribution in [1.82, 2.24) is 15.2 Å². The molecule has 2 atom stereocenters. The molecule has 0 aliphatic carbocycles. The van der Waals surface area contributed by atoms with Gasteiger partial charge in [0, 0.05) is 30.7 Å². The lowest BCUT2D eigenvalue weighted by molar-refractivity contribution is -0.137. The Kier molecular flexibility index (Phi) is 6.43. The van der Waals surface area contributed by atoms with Gasteiger partial charge in [-0.3, -0.25) is 14.6 Å². The highest BCUT2D eigenvalue weighted by Gasteiger charge is 2.32. The Morgan fingerprint density at radius 3 is 2.85 bits per heavy atom. The number of carbonyl (C=O) groups excluding carboxylic acids is 2. The van der Waals surface area contributed by atoms with Crippen LogP contribution >= 0.6 is 0 Å². The molecular weight excluding hydrogens is 338 g/mol. The van der Waals surface area contributed by atoms with E-state index in [9.17, 15) is 9.59 Å². The van der Waals surface area contributed by atoms with Crippen molar-refractivity contribution < 1.29 is 9.59 Å². The molecule has 1 N–H and O–H groups in total. The number of aromatic nitrogens is 1. The van der Waals surface area contributed by atoms with Crippen LogP contribution < -0.4 is 5.32 Å². The Balaban J connectivity index is 1.68. The fourth-order valence-corrected chi connectivity index (χ4v) is 3.78. The van der Waals surface area contributed by atoms with Crippen LogP contribution in [0.2, 0.25) is 0 Å². The van der Waals surface area contributed by atoms with Gasteiger partial charge in [0.1, 0.15) is 0 Å². The Morgan fingerprint density at radius 2 is 2.04 bits per heavy atom. The van der Waals surface area contributed by atoms with Crippen LogP contribution in [0.3, 0.4) is 0 Å². The molecule has 2 aromatic rings. The molecule has 3 rings (SSSR count). The SMILES string of the molecule is CCCCNC(=O)C1CCC(C)N(C(=O)Cc2cccc3cccnc23)C1. The predicted octanol–water partition coefficient (Wildman–Crippen LogP) is 3.32. The van der Waals surface area contributed by atoms with Crippen molar-refractivity contribution in [1.29, 1.82) is 0 Å². The Morgan fingerprint density at radius 1 is 1.22 bits per heavy atom. The molecule has 2 heterocycles. The Labute approximate surface area is 161 Å². The maximum absolute atomic E-state index is 13.0. The van der Waals surface area contributed by atoms with E-state index in [2.05, 4.69) is 24.1 Å². The number of nitrogens with one attached hydrogen (secondary N) is 1. The summed E-state index contributed by atoms with van der Waals surface area (Å²) >= 11 is 0. The molecule has 1 aromatic heterocycles. The van der Waals surface area contributed by atoms with Crippen LogP contribution in [-0.2, 0) is 16.0 Å². The van der Waals surface area contributed by atoms with Gasteiger partial charge in [0.15, 0.2) is 0 Å². The lowest BCUT2D eigenvalue weighted by Gasteiger charge is -2.37. The summed E-state index contributed by atoms with van der Waals surface area (Å²) in [5, 5.41) is 4.06. The van der Waals surface area contributed by atoms with Crippen LogP contribution in [0.15, 0.2) is 36.5 Å². The molecule has 2 unspecified atom stereocenters. The third-order valence-electron chi connectivity index (χ3n) is 5.46. The molecule has 1 aliphatic heterocycles. The zero-order valence-electron chi connectivity index (χ0n) is 16.3. The van der Waals surface area contributed by atoms with Crippen LogP contribution in [0.1, 0.15) is 45.1 Å². The fraction of sp³-hybridized carbons (Fsp3) is 0.500. The number of pyridine rings is 1. The molecule has 5 nitrogen and oxygen atoms in total. The molecule has 2 amide bonds. The van der Waals surface area contributed by atoms with Gasteiger partial charge in [0.2, 0.25) is 11.8 Å². The number of carbonyl (C=O) groups is 2. The van der Waals surface area contributed by atoms with Crippen molar-refractivity contribution >= 4 is 22.7 Å². The standard InChI is InChI=1S/C22H29N3O2/c1-3-4-12-24-22(27)19-11-10-16(2)25(15-19)20(26)14-18-8-5-7-17-9-6-13-23-21(17)18/h5-9,13,16,19H,3-4,10-12,14-15H2,1-2H3,(H,24,27). The lowest BCUT2D eigenvalue weighted by Crippen LogP contribution is -2.50. The van der Waals surface area contributed by atoms with Gasteiger partial charge in [-0.2, -0.15) is 0 Å². The minimum absolute atomic E-state index is 0.0757. The van der Waals surface area contributed by atoms with Crippen molar-refractivity contribution in [3.05, 3.63) is 42.1 Å². The summed E-state index contributed by atoms with van der Waals surface area (Å²) in [7, 11) is 0. The van der Waals surface area contributed by atoms with E-state index >= 15 is 0 Å². The number of para-hydroxylation sites is 1. The quantitative estimate of drug-likeness (QED) is 0.797. The molecule has 0 radical (unpaired) electrons. The molecule has 144 valence electrons.